The number of nitrogens with zero attached hydrogens (tertiary/aromatic N) is 1. The standard InChI is InChI=1S/C13H17FN2/c1-16-7-5-13(4-6-15-9-13)11-3-2-10(14)8-12(11)16/h2-3,8,15H,4-7,9H2,1H3. The molecule has 2 aliphatic heterocycles. The van der Waals surface area contributed by atoms with E-state index in [1.165, 1.54) is 18.4 Å². The van der Waals surface area contributed by atoms with Crippen molar-refractivity contribution in [3.05, 3.63) is 29.6 Å². The molecule has 0 aliphatic carbocycles. The zero-order chi connectivity index (χ0) is 11.2. The van der Waals surface area contributed by atoms with E-state index in [-0.39, 0.29) is 11.2 Å². The predicted octanol–water partition coefficient (Wildman–Crippen LogP) is 1.90. The van der Waals surface area contributed by atoms with Crippen LogP contribution < -0.4 is 10.2 Å². The lowest BCUT2D eigenvalue weighted by molar-refractivity contribution is 0.417. The van der Waals surface area contributed by atoms with E-state index in [1.54, 1.807) is 12.1 Å². The van der Waals surface area contributed by atoms with Crippen molar-refractivity contribution in [3.63, 3.8) is 0 Å². The molecule has 1 unspecified atom stereocenters. The Labute approximate surface area is 95.4 Å². The Morgan fingerprint density at radius 1 is 1.38 bits per heavy atom. The van der Waals surface area contributed by atoms with Crippen molar-refractivity contribution in [3.8, 4) is 0 Å². The summed E-state index contributed by atoms with van der Waals surface area (Å²) in [7, 11) is 2.05. The molecule has 1 N–H and O–H groups in total. The number of nitrogens with one attached hydrogen (secondary N) is 1. The molecule has 2 heterocycles. The van der Waals surface area contributed by atoms with Gasteiger partial charge in [0.25, 0.3) is 0 Å². The van der Waals surface area contributed by atoms with E-state index in [1.807, 2.05) is 13.1 Å². The summed E-state index contributed by atoms with van der Waals surface area (Å²) in [6.45, 7) is 3.15. The van der Waals surface area contributed by atoms with Gasteiger partial charge in [-0.25, -0.2) is 4.39 Å². The summed E-state index contributed by atoms with van der Waals surface area (Å²) in [5.74, 6) is -0.131. The second kappa shape index (κ2) is 3.45. The molecule has 1 atom stereocenters. The maximum Gasteiger partial charge on any atom is 0.125 e. The van der Waals surface area contributed by atoms with Gasteiger partial charge in [0.05, 0.1) is 0 Å². The van der Waals surface area contributed by atoms with Crippen molar-refractivity contribution in [1.82, 2.24) is 5.32 Å². The predicted molar refractivity (Wildman–Crippen MR) is 63.5 cm³/mol. The van der Waals surface area contributed by atoms with Crippen LogP contribution in [-0.2, 0) is 5.41 Å². The van der Waals surface area contributed by atoms with E-state index in [9.17, 15) is 4.39 Å². The molecule has 1 saturated heterocycles. The van der Waals surface area contributed by atoms with Crippen LogP contribution in [0.1, 0.15) is 18.4 Å². The topological polar surface area (TPSA) is 15.3 Å². The fourth-order valence-corrected chi connectivity index (χ4v) is 3.09. The highest BCUT2D eigenvalue weighted by Gasteiger charge is 2.40. The molecule has 86 valence electrons. The van der Waals surface area contributed by atoms with Gasteiger partial charge < -0.3 is 10.2 Å². The second-order valence-corrected chi connectivity index (χ2v) is 5.04. The van der Waals surface area contributed by atoms with Crippen LogP contribution in [0.2, 0.25) is 0 Å². The Morgan fingerprint density at radius 3 is 3.00 bits per heavy atom. The molecule has 1 aromatic rings. The summed E-state index contributed by atoms with van der Waals surface area (Å²) < 4.78 is 13.3. The minimum absolute atomic E-state index is 0.131. The Hall–Kier alpha value is -1.09. The lowest BCUT2D eigenvalue weighted by atomic mass is 9.73. The zero-order valence-electron chi connectivity index (χ0n) is 9.59. The Kier molecular flexibility index (Phi) is 2.18. The van der Waals surface area contributed by atoms with E-state index in [4.69, 9.17) is 0 Å². The summed E-state index contributed by atoms with van der Waals surface area (Å²) in [6.07, 6.45) is 2.36. The molecule has 1 spiro atoms. The van der Waals surface area contributed by atoms with Gasteiger partial charge >= 0.3 is 0 Å². The first-order valence-electron chi connectivity index (χ1n) is 5.93. The van der Waals surface area contributed by atoms with E-state index >= 15 is 0 Å². The monoisotopic (exact) mass is 220 g/mol. The summed E-state index contributed by atoms with van der Waals surface area (Å²) in [6, 6.07) is 5.25. The molecule has 16 heavy (non-hydrogen) atoms. The minimum atomic E-state index is -0.131. The molecule has 1 fully saturated rings. The van der Waals surface area contributed by atoms with E-state index in [2.05, 4.69) is 10.2 Å². The molecule has 2 aliphatic rings. The van der Waals surface area contributed by atoms with Crippen molar-refractivity contribution in [1.29, 1.82) is 0 Å². The van der Waals surface area contributed by atoms with Crippen LogP contribution in [-0.4, -0.2) is 26.7 Å². The van der Waals surface area contributed by atoms with E-state index < -0.39 is 0 Å². The molecular formula is C13H17FN2. The summed E-state index contributed by atoms with van der Waals surface area (Å²) in [4.78, 5) is 2.17. The molecule has 2 nitrogen and oxygen atoms in total. The maximum atomic E-state index is 13.3. The van der Waals surface area contributed by atoms with Gasteiger partial charge in [0.1, 0.15) is 5.82 Å². The highest BCUT2D eigenvalue weighted by Crippen LogP contribution is 2.43. The van der Waals surface area contributed by atoms with Crippen molar-refractivity contribution in [2.45, 2.75) is 18.3 Å². The minimum Gasteiger partial charge on any atom is -0.374 e. The average Bonchev–Trinajstić information content (AvgIpc) is 2.74. The van der Waals surface area contributed by atoms with Crippen molar-refractivity contribution < 1.29 is 4.39 Å². The van der Waals surface area contributed by atoms with Gasteiger partial charge in [-0.1, -0.05) is 6.07 Å². The van der Waals surface area contributed by atoms with Crippen molar-refractivity contribution >= 4 is 5.69 Å². The van der Waals surface area contributed by atoms with Crippen LogP contribution in [0.25, 0.3) is 0 Å². The average molecular weight is 220 g/mol. The third-order valence-electron chi connectivity index (χ3n) is 4.11. The number of halogens is 1. The highest BCUT2D eigenvalue weighted by atomic mass is 19.1. The number of rotatable bonds is 0. The summed E-state index contributed by atoms with van der Waals surface area (Å²) >= 11 is 0. The van der Waals surface area contributed by atoms with Gasteiger partial charge in [0, 0.05) is 31.2 Å². The number of fused-ring (bicyclic) bond motifs is 2. The number of benzene rings is 1. The number of anilines is 1. The molecule has 0 amide bonds. The third-order valence-corrected chi connectivity index (χ3v) is 4.11. The highest BCUT2D eigenvalue weighted by molar-refractivity contribution is 5.59. The smallest absolute Gasteiger partial charge is 0.125 e. The fourth-order valence-electron chi connectivity index (χ4n) is 3.09. The quantitative estimate of drug-likeness (QED) is 0.718. The van der Waals surface area contributed by atoms with Gasteiger partial charge in [-0.15, -0.1) is 0 Å². The zero-order valence-corrected chi connectivity index (χ0v) is 9.59. The largest absolute Gasteiger partial charge is 0.374 e. The van der Waals surface area contributed by atoms with Crippen LogP contribution in [0.3, 0.4) is 0 Å². The van der Waals surface area contributed by atoms with Gasteiger partial charge in [0.2, 0.25) is 0 Å². The Balaban J connectivity index is 2.13. The second-order valence-electron chi connectivity index (χ2n) is 5.04. The Bertz CT molecular complexity index is 410. The number of hydrogen-bond donors (Lipinski definition) is 1. The first-order valence-corrected chi connectivity index (χ1v) is 5.93. The third kappa shape index (κ3) is 1.34. The molecule has 1 aromatic carbocycles. The summed E-state index contributed by atoms with van der Waals surface area (Å²) in [5.41, 5.74) is 2.66. The van der Waals surface area contributed by atoms with Gasteiger partial charge in [-0.2, -0.15) is 0 Å². The van der Waals surface area contributed by atoms with Gasteiger partial charge in [0.15, 0.2) is 0 Å². The lowest BCUT2D eigenvalue weighted by Gasteiger charge is -2.40. The van der Waals surface area contributed by atoms with Crippen LogP contribution in [0.4, 0.5) is 10.1 Å². The van der Waals surface area contributed by atoms with E-state index in [0.29, 0.717) is 0 Å². The van der Waals surface area contributed by atoms with Crippen LogP contribution in [0.5, 0.6) is 0 Å². The SMILES string of the molecule is CN1CCC2(CCNC2)c2ccc(F)cc21. The summed E-state index contributed by atoms with van der Waals surface area (Å²) in [5, 5.41) is 3.44. The van der Waals surface area contributed by atoms with Gasteiger partial charge in [-0.05, 0) is 37.1 Å². The fraction of sp³-hybridized carbons (Fsp3) is 0.538. The number of hydrogen-bond acceptors (Lipinski definition) is 2. The molecule has 0 aromatic heterocycles. The molecule has 3 rings (SSSR count). The Morgan fingerprint density at radius 2 is 2.25 bits per heavy atom. The normalized spacial score (nSPS) is 28.5. The molecule has 3 heteroatoms. The molecule has 0 saturated carbocycles. The van der Waals surface area contributed by atoms with Crippen LogP contribution >= 0.6 is 0 Å². The van der Waals surface area contributed by atoms with Gasteiger partial charge in [-0.3, -0.25) is 0 Å². The van der Waals surface area contributed by atoms with Crippen LogP contribution in [0, 0.1) is 5.82 Å². The molecule has 0 radical (unpaired) electrons. The van der Waals surface area contributed by atoms with Crippen LogP contribution in [0.15, 0.2) is 18.2 Å². The van der Waals surface area contributed by atoms with Crippen molar-refractivity contribution in [2.24, 2.45) is 0 Å². The maximum absolute atomic E-state index is 13.3. The first-order chi connectivity index (χ1) is 7.71. The lowest BCUT2D eigenvalue weighted by Crippen LogP contribution is -2.40. The van der Waals surface area contributed by atoms with Crippen molar-refractivity contribution in [2.75, 3.05) is 31.6 Å². The molecular weight excluding hydrogens is 203 g/mol. The first kappa shape index (κ1) is 10.1. The van der Waals surface area contributed by atoms with E-state index in [0.717, 1.165) is 25.3 Å². The molecule has 0 bridgehead atoms.